The number of amides is 1. The molecule has 6 heteroatoms. The number of anilines is 1. The normalized spacial score (nSPS) is 10.4. The summed E-state index contributed by atoms with van der Waals surface area (Å²) in [6.45, 7) is 0.118. The number of carboxylic acid groups (broad SMARTS) is 1. The van der Waals surface area contributed by atoms with Crippen LogP contribution < -0.4 is 4.90 Å². The highest BCUT2D eigenvalue weighted by Gasteiger charge is 2.20. The van der Waals surface area contributed by atoms with E-state index in [1.54, 1.807) is 4.90 Å². The van der Waals surface area contributed by atoms with Crippen molar-refractivity contribution in [2.45, 2.75) is 13.1 Å². The first-order valence-corrected chi connectivity index (χ1v) is 7.79. The molecule has 1 N–H and O–H groups in total. The molecule has 2 aromatic carbocycles. The minimum absolute atomic E-state index is 0.209. The molecule has 25 heavy (non-hydrogen) atoms. The molecule has 0 unspecified atom stereocenters. The van der Waals surface area contributed by atoms with Crippen molar-refractivity contribution in [1.82, 2.24) is 9.78 Å². The van der Waals surface area contributed by atoms with Crippen molar-refractivity contribution in [1.29, 1.82) is 0 Å². The Bertz CT molecular complexity index is 860. The molecule has 0 atom stereocenters. The summed E-state index contributed by atoms with van der Waals surface area (Å²) in [6, 6.07) is 20.5. The summed E-state index contributed by atoms with van der Waals surface area (Å²) in [5.41, 5.74) is 1.95. The largest absolute Gasteiger partial charge is 0.480 e. The van der Waals surface area contributed by atoms with Crippen LogP contribution in [0.3, 0.4) is 0 Å². The van der Waals surface area contributed by atoms with Gasteiger partial charge < -0.3 is 10.0 Å². The predicted octanol–water partition coefficient (Wildman–Crippen LogP) is 2.81. The van der Waals surface area contributed by atoms with Gasteiger partial charge in [0.25, 0.3) is 5.91 Å². The van der Waals surface area contributed by atoms with E-state index >= 15 is 0 Å². The summed E-state index contributed by atoms with van der Waals surface area (Å²) < 4.78 is 1.24. The van der Waals surface area contributed by atoms with E-state index in [0.29, 0.717) is 6.54 Å². The Kier molecular flexibility index (Phi) is 4.89. The molecule has 0 aliphatic rings. The lowest BCUT2D eigenvalue weighted by Gasteiger charge is -2.22. The van der Waals surface area contributed by atoms with Gasteiger partial charge in [0.2, 0.25) is 0 Å². The van der Waals surface area contributed by atoms with Gasteiger partial charge in [0.15, 0.2) is 5.69 Å². The van der Waals surface area contributed by atoms with E-state index in [2.05, 4.69) is 5.10 Å². The number of carbonyl (C=O) groups excluding carboxylic acids is 1. The number of nitrogens with zero attached hydrogens (tertiary/aromatic N) is 3. The maximum atomic E-state index is 13.0. The SMILES string of the molecule is O=C(O)Cn1ccc(C(=O)N(Cc2ccccc2)c2ccccc2)n1. The van der Waals surface area contributed by atoms with Crippen molar-refractivity contribution in [2.75, 3.05) is 4.90 Å². The highest BCUT2D eigenvalue weighted by Crippen LogP contribution is 2.19. The van der Waals surface area contributed by atoms with Crippen LogP contribution in [-0.2, 0) is 17.9 Å². The zero-order valence-electron chi connectivity index (χ0n) is 13.4. The van der Waals surface area contributed by atoms with E-state index < -0.39 is 5.97 Å². The summed E-state index contributed by atoms with van der Waals surface area (Å²) in [5.74, 6) is -1.29. The zero-order chi connectivity index (χ0) is 17.6. The molecule has 0 bridgehead atoms. The molecule has 3 rings (SSSR count). The van der Waals surface area contributed by atoms with Gasteiger partial charge in [0, 0.05) is 11.9 Å². The Morgan fingerprint density at radius 1 is 0.960 bits per heavy atom. The number of carbonyl (C=O) groups is 2. The van der Waals surface area contributed by atoms with Crippen molar-refractivity contribution in [3.8, 4) is 0 Å². The van der Waals surface area contributed by atoms with Gasteiger partial charge in [-0.05, 0) is 23.8 Å². The van der Waals surface area contributed by atoms with Crippen molar-refractivity contribution < 1.29 is 14.7 Å². The lowest BCUT2D eigenvalue weighted by atomic mass is 10.2. The predicted molar refractivity (Wildman–Crippen MR) is 93.3 cm³/mol. The fraction of sp³-hybridized carbons (Fsp3) is 0.105. The fourth-order valence-corrected chi connectivity index (χ4v) is 2.49. The molecule has 0 saturated carbocycles. The molecule has 0 spiro atoms. The third-order valence-electron chi connectivity index (χ3n) is 3.65. The Balaban J connectivity index is 1.89. The van der Waals surface area contributed by atoms with Crippen molar-refractivity contribution in [3.63, 3.8) is 0 Å². The van der Waals surface area contributed by atoms with Gasteiger partial charge in [0.1, 0.15) is 6.54 Å². The van der Waals surface area contributed by atoms with Crippen LogP contribution in [0.15, 0.2) is 72.9 Å². The maximum Gasteiger partial charge on any atom is 0.325 e. The molecule has 1 aromatic heterocycles. The summed E-state index contributed by atoms with van der Waals surface area (Å²) in [4.78, 5) is 25.4. The lowest BCUT2D eigenvalue weighted by molar-refractivity contribution is -0.137. The van der Waals surface area contributed by atoms with E-state index in [0.717, 1.165) is 11.3 Å². The third-order valence-corrected chi connectivity index (χ3v) is 3.65. The van der Waals surface area contributed by atoms with Gasteiger partial charge in [-0.25, -0.2) is 0 Å². The summed E-state index contributed by atoms with van der Waals surface area (Å²) in [7, 11) is 0. The highest BCUT2D eigenvalue weighted by atomic mass is 16.4. The van der Waals surface area contributed by atoms with Crippen LogP contribution in [0.25, 0.3) is 0 Å². The smallest absolute Gasteiger partial charge is 0.325 e. The first-order chi connectivity index (χ1) is 12.1. The Morgan fingerprint density at radius 2 is 1.60 bits per heavy atom. The number of benzene rings is 2. The van der Waals surface area contributed by atoms with Crippen LogP contribution in [0.5, 0.6) is 0 Å². The molecule has 0 radical (unpaired) electrons. The van der Waals surface area contributed by atoms with Crippen LogP contribution >= 0.6 is 0 Å². The van der Waals surface area contributed by atoms with Crippen molar-refractivity contribution in [2.24, 2.45) is 0 Å². The number of para-hydroxylation sites is 1. The second-order valence-corrected chi connectivity index (χ2v) is 5.50. The maximum absolute atomic E-state index is 13.0. The molecular weight excluding hydrogens is 318 g/mol. The van der Waals surface area contributed by atoms with Crippen LogP contribution in [-0.4, -0.2) is 26.8 Å². The average Bonchev–Trinajstić information content (AvgIpc) is 3.08. The second-order valence-electron chi connectivity index (χ2n) is 5.50. The third kappa shape index (κ3) is 4.11. The Morgan fingerprint density at radius 3 is 2.24 bits per heavy atom. The number of carboxylic acids is 1. The minimum Gasteiger partial charge on any atom is -0.480 e. The first kappa shape index (κ1) is 16.4. The Labute approximate surface area is 144 Å². The molecule has 6 nitrogen and oxygen atoms in total. The van der Waals surface area contributed by atoms with Crippen LogP contribution in [0.1, 0.15) is 16.1 Å². The molecular formula is C19H17N3O3. The molecule has 1 heterocycles. The standard InChI is InChI=1S/C19H17N3O3/c23-18(24)14-21-12-11-17(20-21)19(25)22(16-9-5-2-6-10-16)13-15-7-3-1-4-8-15/h1-12H,13-14H2,(H,23,24). The fourth-order valence-electron chi connectivity index (χ4n) is 2.49. The average molecular weight is 335 g/mol. The van der Waals surface area contributed by atoms with Crippen molar-refractivity contribution >= 4 is 17.6 Å². The van der Waals surface area contributed by atoms with Crippen molar-refractivity contribution in [3.05, 3.63) is 84.2 Å². The molecule has 0 saturated heterocycles. The quantitative estimate of drug-likeness (QED) is 0.751. The minimum atomic E-state index is -1.01. The van der Waals surface area contributed by atoms with Crippen LogP contribution in [0, 0.1) is 0 Å². The van der Waals surface area contributed by atoms with E-state index in [1.807, 2.05) is 60.7 Å². The van der Waals surface area contributed by atoms with Crippen LogP contribution in [0.4, 0.5) is 5.69 Å². The molecule has 0 aliphatic heterocycles. The number of hydrogen-bond donors (Lipinski definition) is 1. The molecule has 0 fully saturated rings. The van der Waals surface area contributed by atoms with E-state index in [1.165, 1.54) is 16.9 Å². The molecule has 1 amide bonds. The van der Waals surface area contributed by atoms with Crippen LogP contribution in [0.2, 0.25) is 0 Å². The zero-order valence-corrected chi connectivity index (χ0v) is 13.4. The van der Waals surface area contributed by atoms with Gasteiger partial charge >= 0.3 is 5.97 Å². The van der Waals surface area contributed by atoms with Gasteiger partial charge in [-0.1, -0.05) is 48.5 Å². The molecule has 0 aliphatic carbocycles. The van der Waals surface area contributed by atoms with E-state index in [4.69, 9.17) is 5.11 Å². The van der Waals surface area contributed by atoms with Gasteiger partial charge in [0.05, 0.1) is 6.54 Å². The summed E-state index contributed by atoms with van der Waals surface area (Å²) >= 11 is 0. The second kappa shape index (κ2) is 7.44. The summed E-state index contributed by atoms with van der Waals surface area (Å²) in [6.07, 6.45) is 1.49. The van der Waals surface area contributed by atoms with Gasteiger partial charge in [-0.15, -0.1) is 0 Å². The monoisotopic (exact) mass is 335 g/mol. The number of hydrogen-bond acceptors (Lipinski definition) is 3. The number of rotatable bonds is 6. The molecule has 3 aromatic rings. The van der Waals surface area contributed by atoms with Gasteiger partial charge in [-0.3, -0.25) is 14.3 Å². The topological polar surface area (TPSA) is 75.4 Å². The van der Waals surface area contributed by atoms with E-state index in [-0.39, 0.29) is 18.1 Å². The number of aliphatic carboxylic acids is 1. The van der Waals surface area contributed by atoms with E-state index in [9.17, 15) is 9.59 Å². The van der Waals surface area contributed by atoms with Gasteiger partial charge in [-0.2, -0.15) is 5.10 Å². The first-order valence-electron chi connectivity index (χ1n) is 7.79. The highest BCUT2D eigenvalue weighted by molar-refractivity contribution is 6.04. The summed E-state index contributed by atoms with van der Waals surface area (Å²) in [5, 5.41) is 12.9. The number of aromatic nitrogens is 2. The Hall–Kier alpha value is -3.41. The lowest BCUT2D eigenvalue weighted by Crippen LogP contribution is -2.31. The molecule has 126 valence electrons.